The third-order valence-electron chi connectivity index (χ3n) is 2.98. The summed E-state index contributed by atoms with van der Waals surface area (Å²) in [4.78, 5) is 6.86. The number of rotatable bonds is 2. The van der Waals surface area contributed by atoms with Crippen molar-refractivity contribution in [2.45, 2.75) is 32.5 Å². The van der Waals surface area contributed by atoms with E-state index in [4.69, 9.17) is 0 Å². The maximum Gasteiger partial charge on any atom is 0.0544 e. The molecule has 1 fully saturated rings. The lowest BCUT2D eigenvalue weighted by Gasteiger charge is -2.37. The van der Waals surface area contributed by atoms with Crippen LogP contribution in [-0.2, 0) is 6.54 Å². The molecule has 4 heteroatoms. The van der Waals surface area contributed by atoms with Crippen molar-refractivity contribution in [3.63, 3.8) is 0 Å². The Morgan fingerprint density at radius 2 is 2.25 bits per heavy atom. The zero-order valence-corrected chi connectivity index (χ0v) is 10.7. The summed E-state index contributed by atoms with van der Waals surface area (Å²) in [6, 6.07) is 7.30. The summed E-state index contributed by atoms with van der Waals surface area (Å²) >= 11 is 0. The first kappa shape index (κ1) is 13.4. The summed E-state index contributed by atoms with van der Waals surface area (Å²) < 4.78 is 0. The highest BCUT2D eigenvalue weighted by atomic mass is 35.5. The largest absolute Gasteiger partial charge is 0.311 e. The third kappa shape index (κ3) is 3.44. The summed E-state index contributed by atoms with van der Waals surface area (Å²) in [6.45, 7) is 7.65. The van der Waals surface area contributed by atoms with Gasteiger partial charge in [0, 0.05) is 37.9 Å². The van der Waals surface area contributed by atoms with Crippen molar-refractivity contribution in [1.29, 1.82) is 0 Å². The van der Waals surface area contributed by atoms with Crippen LogP contribution in [0.4, 0.5) is 0 Å². The Bertz CT molecular complexity index is 304. The van der Waals surface area contributed by atoms with Crippen molar-refractivity contribution in [2.75, 3.05) is 13.1 Å². The zero-order chi connectivity index (χ0) is 10.7. The van der Waals surface area contributed by atoms with E-state index in [1.807, 2.05) is 12.3 Å². The van der Waals surface area contributed by atoms with E-state index in [9.17, 15) is 0 Å². The predicted molar refractivity (Wildman–Crippen MR) is 68.8 cm³/mol. The number of aromatic nitrogens is 1. The van der Waals surface area contributed by atoms with Gasteiger partial charge < -0.3 is 5.32 Å². The standard InChI is InChI=1S/C12H19N3.ClH/c1-10-8-15(11(2)7-14-10)9-12-5-3-4-6-13-12;/h3-6,10-11,14H,7-9H2,1-2H3;1H. The summed E-state index contributed by atoms with van der Waals surface area (Å²) in [6.07, 6.45) is 1.87. The molecule has 0 bridgehead atoms. The van der Waals surface area contributed by atoms with Crippen molar-refractivity contribution < 1.29 is 0 Å². The molecule has 1 aliphatic rings. The molecule has 2 heterocycles. The number of hydrogen-bond acceptors (Lipinski definition) is 3. The van der Waals surface area contributed by atoms with Gasteiger partial charge in [0.05, 0.1) is 5.69 Å². The van der Waals surface area contributed by atoms with E-state index in [1.165, 1.54) is 5.69 Å². The minimum atomic E-state index is 0. The Morgan fingerprint density at radius 3 is 2.94 bits per heavy atom. The van der Waals surface area contributed by atoms with E-state index >= 15 is 0 Å². The fraction of sp³-hybridized carbons (Fsp3) is 0.583. The molecule has 0 saturated carbocycles. The topological polar surface area (TPSA) is 28.2 Å². The molecule has 1 aromatic heterocycles. The van der Waals surface area contributed by atoms with E-state index in [2.05, 4.69) is 41.2 Å². The number of nitrogens with one attached hydrogen (secondary N) is 1. The minimum Gasteiger partial charge on any atom is -0.311 e. The van der Waals surface area contributed by atoms with Gasteiger partial charge in [-0.05, 0) is 26.0 Å². The molecule has 1 N–H and O–H groups in total. The lowest BCUT2D eigenvalue weighted by molar-refractivity contribution is 0.137. The van der Waals surface area contributed by atoms with Crippen molar-refractivity contribution >= 4 is 12.4 Å². The van der Waals surface area contributed by atoms with Crippen LogP contribution in [0.5, 0.6) is 0 Å². The van der Waals surface area contributed by atoms with Gasteiger partial charge in [0.2, 0.25) is 0 Å². The highest BCUT2D eigenvalue weighted by Crippen LogP contribution is 2.10. The average Bonchev–Trinajstić information content (AvgIpc) is 2.25. The van der Waals surface area contributed by atoms with Crippen LogP contribution in [0.2, 0.25) is 0 Å². The van der Waals surface area contributed by atoms with Crippen LogP contribution in [0.1, 0.15) is 19.5 Å². The van der Waals surface area contributed by atoms with Gasteiger partial charge in [-0.3, -0.25) is 9.88 Å². The molecule has 1 aliphatic heterocycles. The summed E-state index contributed by atoms with van der Waals surface area (Å²) in [5.74, 6) is 0. The van der Waals surface area contributed by atoms with E-state index in [1.54, 1.807) is 0 Å². The maximum absolute atomic E-state index is 4.37. The SMILES string of the molecule is CC1CN(Cc2ccccn2)C(C)CN1.Cl. The van der Waals surface area contributed by atoms with Gasteiger partial charge >= 0.3 is 0 Å². The molecule has 0 aromatic carbocycles. The van der Waals surface area contributed by atoms with E-state index in [-0.39, 0.29) is 12.4 Å². The first-order chi connectivity index (χ1) is 7.25. The number of halogens is 1. The first-order valence-electron chi connectivity index (χ1n) is 5.63. The van der Waals surface area contributed by atoms with E-state index in [0.717, 1.165) is 19.6 Å². The number of pyridine rings is 1. The van der Waals surface area contributed by atoms with Gasteiger partial charge in [-0.2, -0.15) is 0 Å². The molecule has 16 heavy (non-hydrogen) atoms. The van der Waals surface area contributed by atoms with Crippen molar-refractivity contribution in [1.82, 2.24) is 15.2 Å². The van der Waals surface area contributed by atoms with Crippen LogP contribution < -0.4 is 5.32 Å². The summed E-state index contributed by atoms with van der Waals surface area (Å²) in [5.41, 5.74) is 1.17. The Hall–Kier alpha value is -0.640. The Morgan fingerprint density at radius 1 is 1.44 bits per heavy atom. The summed E-state index contributed by atoms with van der Waals surface area (Å²) in [5, 5.41) is 3.49. The van der Waals surface area contributed by atoms with Crippen molar-refractivity contribution in [3.05, 3.63) is 30.1 Å². The predicted octanol–water partition coefficient (Wildman–Crippen LogP) is 1.69. The first-order valence-corrected chi connectivity index (χ1v) is 5.63. The molecule has 0 aliphatic carbocycles. The number of piperazine rings is 1. The fourth-order valence-corrected chi connectivity index (χ4v) is 2.02. The highest BCUT2D eigenvalue weighted by Gasteiger charge is 2.22. The monoisotopic (exact) mass is 241 g/mol. The molecule has 0 radical (unpaired) electrons. The highest BCUT2D eigenvalue weighted by molar-refractivity contribution is 5.85. The van der Waals surface area contributed by atoms with E-state index in [0.29, 0.717) is 12.1 Å². The van der Waals surface area contributed by atoms with Gasteiger partial charge in [0.25, 0.3) is 0 Å². The normalized spacial score (nSPS) is 26.1. The number of nitrogens with zero attached hydrogens (tertiary/aromatic N) is 2. The van der Waals surface area contributed by atoms with Crippen LogP contribution in [0, 0.1) is 0 Å². The lowest BCUT2D eigenvalue weighted by Crippen LogP contribution is -2.53. The van der Waals surface area contributed by atoms with Crippen LogP contribution >= 0.6 is 12.4 Å². The molecule has 1 aromatic rings. The molecule has 2 unspecified atom stereocenters. The van der Waals surface area contributed by atoms with Gasteiger partial charge in [0.15, 0.2) is 0 Å². The van der Waals surface area contributed by atoms with Gasteiger partial charge in [0.1, 0.15) is 0 Å². The van der Waals surface area contributed by atoms with Crippen LogP contribution in [0.3, 0.4) is 0 Å². The van der Waals surface area contributed by atoms with Crippen LogP contribution in [-0.4, -0.2) is 35.1 Å². The minimum absolute atomic E-state index is 0. The fourth-order valence-electron chi connectivity index (χ4n) is 2.02. The Labute approximate surface area is 104 Å². The van der Waals surface area contributed by atoms with Gasteiger partial charge in [-0.25, -0.2) is 0 Å². The van der Waals surface area contributed by atoms with E-state index < -0.39 is 0 Å². The molecule has 2 rings (SSSR count). The second-order valence-corrected chi connectivity index (χ2v) is 4.41. The van der Waals surface area contributed by atoms with Gasteiger partial charge in [-0.1, -0.05) is 6.07 Å². The zero-order valence-electron chi connectivity index (χ0n) is 9.89. The number of hydrogen-bond donors (Lipinski definition) is 1. The average molecular weight is 242 g/mol. The molecule has 3 nitrogen and oxygen atoms in total. The Balaban J connectivity index is 0.00000128. The molecule has 1 saturated heterocycles. The molecule has 2 atom stereocenters. The second-order valence-electron chi connectivity index (χ2n) is 4.41. The molecular weight excluding hydrogens is 222 g/mol. The molecule has 90 valence electrons. The molecular formula is C12H20ClN3. The molecule has 0 spiro atoms. The van der Waals surface area contributed by atoms with Gasteiger partial charge in [-0.15, -0.1) is 12.4 Å². The second kappa shape index (κ2) is 6.18. The Kier molecular flexibility index (Phi) is 5.19. The smallest absolute Gasteiger partial charge is 0.0544 e. The van der Waals surface area contributed by atoms with Crippen LogP contribution in [0.15, 0.2) is 24.4 Å². The quantitative estimate of drug-likeness (QED) is 0.854. The lowest BCUT2D eigenvalue weighted by atomic mass is 10.1. The van der Waals surface area contributed by atoms with Crippen LogP contribution in [0.25, 0.3) is 0 Å². The van der Waals surface area contributed by atoms with Crippen molar-refractivity contribution in [2.24, 2.45) is 0 Å². The third-order valence-corrected chi connectivity index (χ3v) is 2.98. The van der Waals surface area contributed by atoms with Crippen molar-refractivity contribution in [3.8, 4) is 0 Å². The molecule has 0 amide bonds. The maximum atomic E-state index is 4.37. The summed E-state index contributed by atoms with van der Waals surface area (Å²) in [7, 11) is 0.